The summed E-state index contributed by atoms with van der Waals surface area (Å²) in [5.74, 6) is -5.12. The largest absolute Gasteiger partial charge is 0.393 e. The summed E-state index contributed by atoms with van der Waals surface area (Å²) in [4.78, 5) is 45.8. The second-order valence-electron chi connectivity index (χ2n) is 4.99. The van der Waals surface area contributed by atoms with Crippen molar-refractivity contribution < 1.29 is 39.6 Å². The molecule has 0 saturated heterocycles. The second-order valence-corrected chi connectivity index (χ2v) is 5.40. The molecule has 0 saturated carbocycles. The van der Waals surface area contributed by atoms with E-state index in [-0.39, 0.29) is 0 Å². The van der Waals surface area contributed by atoms with Crippen LogP contribution >= 0.6 is 12.2 Å². The Morgan fingerprint density at radius 3 is 1.45 bits per heavy atom. The van der Waals surface area contributed by atoms with E-state index >= 15 is 0 Å². The van der Waals surface area contributed by atoms with Crippen LogP contribution in [0, 0.1) is 0 Å². The Bertz CT molecular complexity index is 556. The highest BCUT2D eigenvalue weighted by atomic mass is 32.1. The summed E-state index contributed by atoms with van der Waals surface area (Å²) in [6.45, 7) is 1.47. The molecule has 8 nitrogen and oxygen atoms in total. The van der Waals surface area contributed by atoms with Crippen molar-refractivity contribution in [2.24, 2.45) is 0 Å². The van der Waals surface area contributed by atoms with Crippen LogP contribution in [0.2, 0.25) is 0 Å². The number of carbonyl (C=O) groups is 4. The van der Waals surface area contributed by atoms with E-state index < -0.39 is 51.4 Å². The topological polar surface area (TPSA) is 149 Å². The minimum Gasteiger partial charge on any atom is -0.393 e. The Hall–Kier alpha value is -1.39. The van der Waals surface area contributed by atoms with Gasteiger partial charge in [-0.25, -0.2) is 0 Å². The molecule has 124 valence electrons. The zero-order valence-corrected chi connectivity index (χ0v) is 13.4. The van der Waals surface area contributed by atoms with Crippen molar-refractivity contribution in [1.29, 1.82) is 0 Å². The van der Waals surface area contributed by atoms with Crippen molar-refractivity contribution in [3.05, 3.63) is 0 Å². The number of aliphatic hydroxyl groups excluding tert-OH is 1. The van der Waals surface area contributed by atoms with Crippen LogP contribution in [0.5, 0.6) is 0 Å². The van der Waals surface area contributed by atoms with E-state index in [1.54, 1.807) is 0 Å². The van der Waals surface area contributed by atoms with Gasteiger partial charge >= 0.3 is 0 Å². The lowest BCUT2D eigenvalue weighted by Crippen LogP contribution is -2.79. The van der Waals surface area contributed by atoms with Crippen LogP contribution in [0.4, 0.5) is 0 Å². The number of ketones is 4. The third-order valence-electron chi connectivity index (χ3n) is 3.60. The first-order valence-electron chi connectivity index (χ1n) is 6.11. The highest BCUT2D eigenvalue weighted by molar-refractivity contribution is 7.82. The van der Waals surface area contributed by atoms with E-state index in [0.29, 0.717) is 13.8 Å². The van der Waals surface area contributed by atoms with Crippen LogP contribution in [-0.2, 0) is 19.2 Å². The van der Waals surface area contributed by atoms with E-state index in [2.05, 4.69) is 12.2 Å². The Labute approximate surface area is 131 Å². The van der Waals surface area contributed by atoms with Gasteiger partial charge in [0.2, 0.25) is 11.2 Å². The normalized spacial score (nSPS) is 19.3. The molecule has 0 aromatic heterocycles. The van der Waals surface area contributed by atoms with Gasteiger partial charge in [-0.1, -0.05) is 12.2 Å². The van der Waals surface area contributed by atoms with Gasteiger partial charge in [-0.2, -0.15) is 0 Å². The smallest absolute Gasteiger partial charge is 0.202 e. The third kappa shape index (κ3) is 2.55. The summed E-state index contributed by atoms with van der Waals surface area (Å²) in [5, 5.41) is 40.6. The Balaban J connectivity index is 6.88. The maximum Gasteiger partial charge on any atom is 0.202 e. The maximum absolute atomic E-state index is 11.9. The molecule has 0 radical (unpaired) electrons. The fourth-order valence-corrected chi connectivity index (χ4v) is 2.45. The van der Waals surface area contributed by atoms with Crippen LogP contribution in [0.1, 0.15) is 27.7 Å². The zero-order valence-electron chi connectivity index (χ0n) is 12.5. The molecule has 4 N–H and O–H groups in total. The van der Waals surface area contributed by atoms with E-state index in [1.807, 2.05) is 0 Å². The van der Waals surface area contributed by atoms with Crippen molar-refractivity contribution in [2.45, 2.75) is 44.5 Å². The third-order valence-corrected chi connectivity index (χ3v) is 4.18. The van der Waals surface area contributed by atoms with Crippen molar-refractivity contribution >= 4 is 40.2 Å². The number of carbonyl (C=O) groups excluding carboxylic acids is 4. The predicted octanol–water partition coefficient (Wildman–Crippen LogP) is -2.10. The maximum atomic E-state index is 11.9. The molecule has 0 aliphatic rings. The fraction of sp³-hybridized carbons (Fsp3) is 0.615. The second kappa shape index (κ2) is 6.39. The molecule has 0 aromatic carbocycles. The van der Waals surface area contributed by atoms with Gasteiger partial charge in [0.25, 0.3) is 0 Å². The van der Waals surface area contributed by atoms with Gasteiger partial charge in [0.1, 0.15) is 4.86 Å². The van der Waals surface area contributed by atoms with Crippen molar-refractivity contribution in [3.63, 3.8) is 0 Å². The van der Waals surface area contributed by atoms with Crippen LogP contribution in [0.3, 0.4) is 0 Å². The fourth-order valence-electron chi connectivity index (χ4n) is 2.16. The standard InChI is InChI=1S/C13H18O8S/c1-6(15)10(22)12(20,8(3)17)13(21,9(4)18)11(19,5-14)7(2)16/h14,19-21H,5H2,1-4H3/t11-,12-,13-/m0/s1. The summed E-state index contributed by atoms with van der Waals surface area (Å²) in [6.07, 6.45) is 0. The average Bonchev–Trinajstić information content (AvgIpc) is 2.42. The van der Waals surface area contributed by atoms with E-state index in [9.17, 15) is 39.6 Å². The van der Waals surface area contributed by atoms with Gasteiger partial charge in [0.05, 0.1) is 6.61 Å². The molecule has 22 heavy (non-hydrogen) atoms. The average molecular weight is 334 g/mol. The van der Waals surface area contributed by atoms with Crippen LogP contribution in [0.25, 0.3) is 0 Å². The minimum atomic E-state index is -3.53. The lowest BCUT2D eigenvalue weighted by Gasteiger charge is -2.47. The number of rotatable bonds is 8. The predicted molar refractivity (Wildman–Crippen MR) is 77.3 cm³/mol. The summed E-state index contributed by atoms with van der Waals surface area (Å²) in [5.41, 5.74) is -10.1. The first-order valence-corrected chi connectivity index (χ1v) is 6.52. The highest BCUT2D eigenvalue weighted by Crippen LogP contribution is 2.37. The molecule has 0 unspecified atom stereocenters. The van der Waals surface area contributed by atoms with Crippen LogP contribution in [0.15, 0.2) is 0 Å². The van der Waals surface area contributed by atoms with Gasteiger partial charge in [-0.05, 0) is 27.7 Å². The molecule has 0 spiro atoms. The van der Waals surface area contributed by atoms with E-state index in [0.717, 1.165) is 13.8 Å². The van der Waals surface area contributed by atoms with Crippen molar-refractivity contribution in [2.75, 3.05) is 6.61 Å². The Morgan fingerprint density at radius 2 is 1.27 bits per heavy atom. The molecule has 0 aliphatic carbocycles. The Morgan fingerprint density at radius 1 is 0.864 bits per heavy atom. The quantitative estimate of drug-likeness (QED) is 0.366. The molecule has 0 fully saturated rings. The number of aliphatic hydroxyl groups is 4. The molecule has 0 rings (SSSR count). The number of Topliss-reactive ketones (excluding diaryl/α,β-unsaturated/α-hetero) is 4. The minimum absolute atomic E-state index is 0.667. The summed E-state index contributed by atoms with van der Waals surface area (Å²) >= 11 is 4.62. The Kier molecular flexibility index (Phi) is 5.98. The van der Waals surface area contributed by atoms with Gasteiger partial charge in [0, 0.05) is 0 Å². The molecule has 3 atom stereocenters. The van der Waals surface area contributed by atoms with E-state index in [1.165, 1.54) is 0 Å². The summed E-state index contributed by atoms with van der Waals surface area (Å²) < 4.78 is 0. The van der Waals surface area contributed by atoms with Crippen molar-refractivity contribution in [1.82, 2.24) is 0 Å². The molecule has 0 aromatic rings. The lowest BCUT2D eigenvalue weighted by molar-refractivity contribution is -0.221. The SMILES string of the molecule is CC(=O)C(=S)[C@@](O)(C(C)=O)[C@](O)(C(C)=O)[C@](O)(CO)C(C)=O. The molecular formula is C13H18O8S. The monoisotopic (exact) mass is 334 g/mol. The summed E-state index contributed by atoms with van der Waals surface area (Å²) in [7, 11) is 0. The molecule has 0 heterocycles. The number of hydrogen-bond donors (Lipinski definition) is 4. The van der Waals surface area contributed by atoms with Crippen LogP contribution < -0.4 is 0 Å². The van der Waals surface area contributed by atoms with E-state index in [4.69, 9.17) is 0 Å². The number of hydrogen-bond acceptors (Lipinski definition) is 9. The molecule has 0 aliphatic heterocycles. The van der Waals surface area contributed by atoms with Gasteiger partial charge in [-0.3, -0.25) is 19.2 Å². The first-order chi connectivity index (χ1) is 9.74. The van der Waals surface area contributed by atoms with Gasteiger partial charge < -0.3 is 20.4 Å². The van der Waals surface area contributed by atoms with Gasteiger partial charge in [-0.15, -0.1) is 0 Å². The number of thiocarbonyl (C=S) groups is 1. The summed E-state index contributed by atoms with van der Waals surface area (Å²) in [6, 6.07) is 0. The van der Waals surface area contributed by atoms with Gasteiger partial charge in [0.15, 0.2) is 28.7 Å². The first kappa shape index (κ1) is 20.6. The van der Waals surface area contributed by atoms with Crippen molar-refractivity contribution in [3.8, 4) is 0 Å². The molecular weight excluding hydrogens is 316 g/mol. The molecule has 9 heteroatoms. The highest BCUT2D eigenvalue weighted by Gasteiger charge is 2.71. The molecule has 0 amide bonds. The zero-order chi connectivity index (χ0) is 18.1. The lowest BCUT2D eigenvalue weighted by atomic mass is 9.64. The molecule has 0 bridgehead atoms. The van der Waals surface area contributed by atoms with Crippen LogP contribution in [-0.4, -0.2) is 71.8 Å².